The summed E-state index contributed by atoms with van der Waals surface area (Å²) >= 11 is 0. The Balaban J connectivity index is 1.91. The molecule has 2 aromatic rings. The van der Waals surface area contributed by atoms with E-state index in [4.69, 9.17) is 9.97 Å². The van der Waals surface area contributed by atoms with Gasteiger partial charge in [0, 0.05) is 55.8 Å². The van der Waals surface area contributed by atoms with Crippen molar-refractivity contribution in [1.29, 1.82) is 0 Å². The fourth-order valence-electron chi connectivity index (χ4n) is 3.94. The summed E-state index contributed by atoms with van der Waals surface area (Å²) < 4.78 is 13.4. The molecule has 1 fully saturated rings. The van der Waals surface area contributed by atoms with Gasteiger partial charge in [-0.3, -0.25) is 0 Å². The van der Waals surface area contributed by atoms with Crippen LogP contribution in [0.25, 0.3) is 0 Å². The molecule has 0 unspecified atom stereocenters. The fraction of sp³-hybridized carbons (Fsp3) is 0.560. The van der Waals surface area contributed by atoms with Crippen molar-refractivity contribution in [2.75, 3.05) is 31.1 Å². The molecule has 1 saturated heterocycles. The quantitative estimate of drug-likeness (QED) is 0.686. The molecule has 1 aliphatic rings. The lowest BCUT2D eigenvalue weighted by Gasteiger charge is -2.37. The Labute approximate surface area is 191 Å². The van der Waals surface area contributed by atoms with Crippen molar-refractivity contribution in [1.82, 2.24) is 20.2 Å². The number of amides is 2. The minimum Gasteiger partial charge on any atom is -0.353 e. The highest BCUT2D eigenvalue weighted by atomic mass is 19.1. The lowest BCUT2D eigenvalue weighted by atomic mass is 10.0. The summed E-state index contributed by atoms with van der Waals surface area (Å²) in [6.45, 7) is 13.1. The molecule has 1 aliphatic heterocycles. The van der Waals surface area contributed by atoms with Gasteiger partial charge in [0.1, 0.15) is 17.5 Å². The molecule has 0 spiro atoms. The van der Waals surface area contributed by atoms with Crippen LogP contribution in [0, 0.1) is 5.82 Å². The third-order valence-corrected chi connectivity index (χ3v) is 6.05. The smallest absolute Gasteiger partial charge is 0.317 e. The zero-order chi connectivity index (χ0) is 23.3. The van der Waals surface area contributed by atoms with Crippen molar-refractivity contribution >= 4 is 11.8 Å². The van der Waals surface area contributed by atoms with E-state index in [0.717, 1.165) is 54.4 Å². The molecule has 6 nitrogen and oxygen atoms in total. The van der Waals surface area contributed by atoms with E-state index in [1.54, 1.807) is 0 Å². The molecule has 1 atom stereocenters. The number of halogens is 1. The maximum Gasteiger partial charge on any atom is 0.317 e. The van der Waals surface area contributed by atoms with Gasteiger partial charge in [-0.15, -0.1) is 0 Å². The van der Waals surface area contributed by atoms with Gasteiger partial charge in [0.15, 0.2) is 0 Å². The van der Waals surface area contributed by atoms with E-state index >= 15 is 0 Å². The van der Waals surface area contributed by atoms with Crippen LogP contribution in [0.2, 0.25) is 0 Å². The Kier molecular flexibility index (Phi) is 8.04. The van der Waals surface area contributed by atoms with Crippen LogP contribution in [0.5, 0.6) is 0 Å². The van der Waals surface area contributed by atoms with E-state index in [2.05, 4.69) is 31.0 Å². The average molecular weight is 442 g/mol. The molecule has 7 heteroatoms. The predicted octanol–water partition coefficient (Wildman–Crippen LogP) is 4.52. The molecule has 0 aliphatic carbocycles. The summed E-state index contributed by atoms with van der Waals surface area (Å²) in [5.41, 5.74) is 3.19. The van der Waals surface area contributed by atoms with Gasteiger partial charge < -0.3 is 15.1 Å². The Morgan fingerprint density at radius 1 is 1.06 bits per heavy atom. The van der Waals surface area contributed by atoms with Gasteiger partial charge in [-0.05, 0) is 44.4 Å². The number of urea groups is 1. The molecule has 32 heavy (non-hydrogen) atoms. The maximum atomic E-state index is 13.4. The summed E-state index contributed by atoms with van der Waals surface area (Å²) in [5, 5.41) is 2.98. The molecule has 0 radical (unpaired) electrons. The average Bonchev–Trinajstić information content (AvgIpc) is 2.79. The first kappa shape index (κ1) is 24.0. The first-order valence-electron chi connectivity index (χ1n) is 11.8. The van der Waals surface area contributed by atoms with Crippen molar-refractivity contribution in [2.45, 2.75) is 65.8 Å². The third-order valence-electron chi connectivity index (χ3n) is 6.05. The van der Waals surface area contributed by atoms with Crippen molar-refractivity contribution in [2.24, 2.45) is 0 Å². The van der Waals surface area contributed by atoms with Crippen LogP contribution < -0.4 is 10.2 Å². The second-order valence-corrected chi connectivity index (χ2v) is 8.88. The Morgan fingerprint density at radius 2 is 1.72 bits per heavy atom. The molecule has 3 rings (SSSR count). The van der Waals surface area contributed by atoms with Crippen LogP contribution in [-0.2, 0) is 12.8 Å². The van der Waals surface area contributed by atoms with Crippen molar-refractivity contribution in [3.05, 3.63) is 52.7 Å². The van der Waals surface area contributed by atoms with E-state index in [1.807, 2.05) is 30.9 Å². The van der Waals surface area contributed by atoms with Gasteiger partial charge in [0.2, 0.25) is 0 Å². The summed E-state index contributed by atoms with van der Waals surface area (Å²) in [6, 6.07) is 6.77. The van der Waals surface area contributed by atoms with Crippen molar-refractivity contribution in [3.63, 3.8) is 0 Å². The van der Waals surface area contributed by atoms with E-state index in [9.17, 15) is 9.18 Å². The normalized spacial score (nSPS) is 15.2. The number of aryl methyl sites for hydroxylation is 1. The standard InChI is InChI=1S/C25H36FN5O/c1-6-18(5)23-28-22(7-2)21(16-19-8-10-20(26)11-9-19)24(29-23)30-12-14-31(15-13-30)25(32)27-17(3)4/h8-11,17-18H,6-7,12-16H2,1-5H3,(H,27,32)/t18-/m1/s1. The number of piperazine rings is 1. The zero-order valence-corrected chi connectivity index (χ0v) is 20.0. The Bertz CT molecular complexity index is 907. The van der Waals surface area contributed by atoms with Gasteiger partial charge in [0.05, 0.1) is 0 Å². The van der Waals surface area contributed by atoms with Crippen LogP contribution in [-0.4, -0.2) is 53.1 Å². The minimum absolute atomic E-state index is 0.0107. The molecule has 2 amide bonds. The number of aromatic nitrogens is 2. The predicted molar refractivity (Wildman–Crippen MR) is 127 cm³/mol. The number of carbonyl (C=O) groups excluding carboxylic acids is 1. The highest BCUT2D eigenvalue weighted by Gasteiger charge is 2.26. The molecule has 1 N–H and O–H groups in total. The second kappa shape index (κ2) is 10.7. The number of benzene rings is 1. The lowest BCUT2D eigenvalue weighted by Crippen LogP contribution is -2.53. The van der Waals surface area contributed by atoms with Crippen LogP contribution in [0.15, 0.2) is 24.3 Å². The van der Waals surface area contributed by atoms with Crippen molar-refractivity contribution < 1.29 is 9.18 Å². The molecule has 0 saturated carbocycles. The summed E-state index contributed by atoms with van der Waals surface area (Å²) in [4.78, 5) is 26.5. The van der Waals surface area contributed by atoms with Gasteiger partial charge in [-0.25, -0.2) is 19.2 Å². The van der Waals surface area contributed by atoms with Crippen LogP contribution in [0.3, 0.4) is 0 Å². The first-order valence-corrected chi connectivity index (χ1v) is 11.8. The van der Waals surface area contributed by atoms with E-state index in [0.29, 0.717) is 19.5 Å². The molecule has 0 bridgehead atoms. The monoisotopic (exact) mass is 441 g/mol. The third kappa shape index (κ3) is 5.75. The minimum atomic E-state index is -0.233. The largest absolute Gasteiger partial charge is 0.353 e. The van der Waals surface area contributed by atoms with Gasteiger partial charge in [-0.1, -0.05) is 32.9 Å². The first-order chi connectivity index (χ1) is 15.3. The highest BCUT2D eigenvalue weighted by molar-refractivity contribution is 5.74. The number of nitrogens with one attached hydrogen (secondary N) is 1. The molecule has 174 valence electrons. The molecule has 2 heterocycles. The lowest BCUT2D eigenvalue weighted by molar-refractivity contribution is 0.191. The van der Waals surface area contributed by atoms with Gasteiger partial charge in [0.25, 0.3) is 0 Å². The molecule has 1 aromatic carbocycles. The molecular weight excluding hydrogens is 405 g/mol. The Hall–Kier alpha value is -2.70. The van der Waals surface area contributed by atoms with Crippen LogP contribution >= 0.6 is 0 Å². The van der Waals surface area contributed by atoms with E-state index in [1.165, 1.54) is 12.1 Å². The van der Waals surface area contributed by atoms with Gasteiger partial charge in [-0.2, -0.15) is 0 Å². The summed E-state index contributed by atoms with van der Waals surface area (Å²) in [5.74, 6) is 1.88. The van der Waals surface area contributed by atoms with Crippen LogP contribution in [0.4, 0.5) is 15.0 Å². The highest BCUT2D eigenvalue weighted by Crippen LogP contribution is 2.28. The number of anilines is 1. The SMILES string of the molecule is CCc1nc([C@H](C)CC)nc(N2CCN(C(=O)NC(C)C)CC2)c1Cc1ccc(F)cc1. The van der Waals surface area contributed by atoms with E-state index < -0.39 is 0 Å². The second-order valence-electron chi connectivity index (χ2n) is 8.88. The molecule has 1 aromatic heterocycles. The number of nitrogens with zero attached hydrogens (tertiary/aromatic N) is 4. The van der Waals surface area contributed by atoms with Crippen molar-refractivity contribution in [3.8, 4) is 0 Å². The summed E-state index contributed by atoms with van der Waals surface area (Å²) in [6.07, 6.45) is 2.45. The number of hydrogen-bond donors (Lipinski definition) is 1. The summed E-state index contributed by atoms with van der Waals surface area (Å²) in [7, 11) is 0. The topological polar surface area (TPSA) is 61.4 Å². The number of hydrogen-bond acceptors (Lipinski definition) is 4. The Morgan fingerprint density at radius 3 is 2.28 bits per heavy atom. The van der Waals surface area contributed by atoms with E-state index in [-0.39, 0.29) is 23.8 Å². The van der Waals surface area contributed by atoms with Gasteiger partial charge >= 0.3 is 6.03 Å². The van der Waals surface area contributed by atoms with Crippen LogP contribution in [0.1, 0.15) is 69.6 Å². The number of rotatable bonds is 7. The zero-order valence-electron chi connectivity index (χ0n) is 20.0. The molecular formula is C25H36FN5O. The number of carbonyl (C=O) groups is 1. The maximum absolute atomic E-state index is 13.4. The fourth-order valence-corrected chi connectivity index (χ4v) is 3.94.